The quantitative estimate of drug-likeness (QED) is 0.200. The van der Waals surface area contributed by atoms with Gasteiger partial charge in [-0.05, 0) is 42.2 Å². The maximum absolute atomic E-state index is 13.3. The molecular formula is C33H34N4O2. The first-order chi connectivity index (χ1) is 19.1. The highest BCUT2D eigenvalue weighted by molar-refractivity contribution is 6.00. The Balaban J connectivity index is 1.40. The second-order valence-corrected chi connectivity index (χ2v) is 9.75. The molecule has 198 valence electrons. The molecule has 0 fully saturated rings. The highest BCUT2D eigenvalue weighted by Crippen LogP contribution is 2.31. The van der Waals surface area contributed by atoms with Crippen LogP contribution in [0.25, 0.3) is 10.9 Å². The van der Waals surface area contributed by atoms with Crippen molar-refractivity contribution in [3.8, 4) is 0 Å². The molecule has 2 heterocycles. The van der Waals surface area contributed by atoms with E-state index in [4.69, 9.17) is 9.72 Å². The van der Waals surface area contributed by atoms with E-state index in [0.29, 0.717) is 38.5 Å². The molecule has 6 heteroatoms. The van der Waals surface area contributed by atoms with E-state index in [1.807, 2.05) is 72.8 Å². The van der Waals surface area contributed by atoms with Crippen LogP contribution >= 0.6 is 0 Å². The van der Waals surface area contributed by atoms with E-state index in [0.717, 1.165) is 33.5 Å². The topological polar surface area (TPSA) is 70.2 Å². The summed E-state index contributed by atoms with van der Waals surface area (Å²) in [5.41, 5.74) is 6.99. The molecule has 39 heavy (non-hydrogen) atoms. The Morgan fingerprint density at radius 3 is 2.00 bits per heavy atom. The van der Waals surface area contributed by atoms with Crippen LogP contribution in [0.1, 0.15) is 38.4 Å². The number of carbonyl (C=O) groups is 1. The molecule has 6 nitrogen and oxygen atoms in total. The number of fused-ring (bicyclic) bond motifs is 1. The van der Waals surface area contributed by atoms with E-state index >= 15 is 0 Å². The summed E-state index contributed by atoms with van der Waals surface area (Å²) in [5.74, 6) is 0.556. The minimum Gasteiger partial charge on any atom is -0.375 e. The van der Waals surface area contributed by atoms with Gasteiger partial charge in [-0.2, -0.15) is 0 Å². The number of hydrogen-bond donors (Lipinski definition) is 2. The van der Waals surface area contributed by atoms with Crippen LogP contribution in [0.4, 0.5) is 5.82 Å². The van der Waals surface area contributed by atoms with Crippen LogP contribution in [0.15, 0.2) is 97.1 Å². The summed E-state index contributed by atoms with van der Waals surface area (Å²) in [7, 11) is 0. The van der Waals surface area contributed by atoms with E-state index in [2.05, 4.69) is 53.3 Å². The fraction of sp³-hybridized carbons (Fsp3) is 0.212. The Hall–Kier alpha value is -4.42. The molecule has 0 saturated heterocycles. The highest BCUT2D eigenvalue weighted by Gasteiger charge is 2.21. The number of aromatic nitrogens is 2. The van der Waals surface area contributed by atoms with Crippen LogP contribution in [-0.4, -0.2) is 29.0 Å². The molecule has 0 aliphatic carbocycles. The fourth-order valence-electron chi connectivity index (χ4n) is 4.68. The molecule has 2 N–H and O–H groups in total. The van der Waals surface area contributed by atoms with E-state index in [1.54, 1.807) is 0 Å². The zero-order valence-corrected chi connectivity index (χ0v) is 22.5. The standard InChI is InChI=1S/C33H34N4O2/c1-24-25(2)35-31-29(24)20-30(33(38)34-18-19-39-23-28-16-10-5-11-17-28)36-32(31)37(21-26-12-6-3-7-13-26)22-27-14-8-4-9-15-27/h3-17,20,35H,18-19,21-23H2,1-2H3,(H,34,38). The van der Waals surface area contributed by atoms with Crippen LogP contribution in [0.3, 0.4) is 0 Å². The fourth-order valence-corrected chi connectivity index (χ4v) is 4.68. The molecule has 0 radical (unpaired) electrons. The summed E-state index contributed by atoms with van der Waals surface area (Å²) < 4.78 is 5.75. The Bertz CT molecular complexity index is 1470. The molecule has 1 amide bonds. The number of ether oxygens (including phenoxy) is 1. The van der Waals surface area contributed by atoms with Gasteiger partial charge in [-0.25, -0.2) is 4.98 Å². The van der Waals surface area contributed by atoms with Gasteiger partial charge in [0.05, 0.1) is 18.7 Å². The summed E-state index contributed by atoms with van der Waals surface area (Å²) in [6.07, 6.45) is 0. The number of pyridine rings is 1. The number of benzene rings is 3. The summed E-state index contributed by atoms with van der Waals surface area (Å²) in [6.45, 7) is 6.80. The molecule has 0 saturated carbocycles. The third-order valence-electron chi connectivity index (χ3n) is 6.89. The number of nitrogens with zero attached hydrogens (tertiary/aromatic N) is 2. The van der Waals surface area contributed by atoms with Gasteiger partial charge < -0.3 is 19.9 Å². The number of nitrogens with one attached hydrogen (secondary N) is 2. The molecule has 0 aliphatic rings. The third kappa shape index (κ3) is 6.54. The largest absolute Gasteiger partial charge is 0.375 e. The van der Waals surface area contributed by atoms with E-state index in [9.17, 15) is 4.79 Å². The molecule has 3 aromatic carbocycles. The van der Waals surface area contributed by atoms with Gasteiger partial charge in [0.25, 0.3) is 5.91 Å². The molecule has 0 spiro atoms. The lowest BCUT2D eigenvalue weighted by atomic mass is 10.1. The van der Waals surface area contributed by atoms with Gasteiger partial charge in [-0.3, -0.25) is 4.79 Å². The summed E-state index contributed by atoms with van der Waals surface area (Å²) >= 11 is 0. The molecule has 0 aliphatic heterocycles. The summed E-state index contributed by atoms with van der Waals surface area (Å²) in [6, 6.07) is 32.6. The van der Waals surface area contributed by atoms with Crippen molar-refractivity contribution in [2.24, 2.45) is 0 Å². The number of anilines is 1. The minimum atomic E-state index is -0.209. The number of rotatable bonds is 11. The van der Waals surface area contributed by atoms with Crippen molar-refractivity contribution in [1.29, 1.82) is 0 Å². The van der Waals surface area contributed by atoms with Crippen molar-refractivity contribution in [2.45, 2.75) is 33.5 Å². The van der Waals surface area contributed by atoms with Crippen LogP contribution in [-0.2, 0) is 24.4 Å². The average molecular weight is 519 g/mol. The molecular weight excluding hydrogens is 484 g/mol. The van der Waals surface area contributed by atoms with Gasteiger partial charge >= 0.3 is 0 Å². The van der Waals surface area contributed by atoms with Gasteiger partial charge in [0.15, 0.2) is 5.82 Å². The Morgan fingerprint density at radius 1 is 0.846 bits per heavy atom. The lowest BCUT2D eigenvalue weighted by Gasteiger charge is -2.25. The molecule has 5 aromatic rings. The summed E-state index contributed by atoms with van der Waals surface area (Å²) in [4.78, 5) is 24.0. The predicted molar refractivity (Wildman–Crippen MR) is 157 cm³/mol. The minimum absolute atomic E-state index is 0.209. The Labute approximate surface area is 229 Å². The second-order valence-electron chi connectivity index (χ2n) is 9.75. The first-order valence-corrected chi connectivity index (χ1v) is 13.3. The molecule has 0 atom stereocenters. The zero-order chi connectivity index (χ0) is 27.0. The molecule has 2 aromatic heterocycles. The van der Waals surface area contributed by atoms with Crippen molar-refractivity contribution in [3.63, 3.8) is 0 Å². The monoisotopic (exact) mass is 518 g/mol. The van der Waals surface area contributed by atoms with E-state index in [1.165, 1.54) is 11.1 Å². The molecule has 0 bridgehead atoms. The normalized spacial score (nSPS) is 11.0. The zero-order valence-electron chi connectivity index (χ0n) is 22.5. The maximum atomic E-state index is 13.3. The number of aryl methyl sites for hydroxylation is 2. The summed E-state index contributed by atoms with van der Waals surface area (Å²) in [5, 5.41) is 4.00. The van der Waals surface area contributed by atoms with Gasteiger partial charge in [0.2, 0.25) is 0 Å². The predicted octanol–water partition coefficient (Wildman–Crippen LogP) is 6.33. The van der Waals surface area contributed by atoms with Gasteiger partial charge in [0, 0.05) is 30.7 Å². The van der Waals surface area contributed by atoms with Gasteiger partial charge in [-0.1, -0.05) is 91.0 Å². The van der Waals surface area contributed by atoms with Crippen molar-refractivity contribution in [3.05, 3.63) is 131 Å². The first-order valence-electron chi connectivity index (χ1n) is 13.3. The van der Waals surface area contributed by atoms with Crippen molar-refractivity contribution >= 4 is 22.6 Å². The highest BCUT2D eigenvalue weighted by atomic mass is 16.5. The van der Waals surface area contributed by atoms with Crippen LogP contribution < -0.4 is 10.2 Å². The van der Waals surface area contributed by atoms with Crippen LogP contribution in [0.2, 0.25) is 0 Å². The first kappa shape index (κ1) is 26.2. The number of hydrogen-bond acceptors (Lipinski definition) is 4. The number of H-pyrrole nitrogens is 1. The van der Waals surface area contributed by atoms with Crippen molar-refractivity contribution < 1.29 is 9.53 Å². The van der Waals surface area contributed by atoms with Crippen LogP contribution in [0.5, 0.6) is 0 Å². The molecule has 5 rings (SSSR count). The maximum Gasteiger partial charge on any atom is 0.270 e. The SMILES string of the molecule is Cc1[nH]c2c(N(Cc3ccccc3)Cc3ccccc3)nc(C(=O)NCCOCc3ccccc3)cc2c1C. The van der Waals surface area contributed by atoms with Gasteiger partial charge in [0.1, 0.15) is 5.69 Å². The van der Waals surface area contributed by atoms with E-state index < -0.39 is 0 Å². The average Bonchev–Trinajstić information content (AvgIpc) is 3.26. The Morgan fingerprint density at radius 2 is 1.41 bits per heavy atom. The number of aromatic amines is 1. The lowest BCUT2D eigenvalue weighted by Crippen LogP contribution is -2.29. The number of amides is 1. The second kappa shape index (κ2) is 12.4. The van der Waals surface area contributed by atoms with Gasteiger partial charge in [-0.15, -0.1) is 0 Å². The third-order valence-corrected chi connectivity index (χ3v) is 6.89. The van der Waals surface area contributed by atoms with E-state index in [-0.39, 0.29) is 5.91 Å². The van der Waals surface area contributed by atoms with Crippen molar-refractivity contribution in [2.75, 3.05) is 18.1 Å². The van der Waals surface area contributed by atoms with Crippen molar-refractivity contribution in [1.82, 2.24) is 15.3 Å². The smallest absolute Gasteiger partial charge is 0.270 e. The lowest BCUT2D eigenvalue weighted by molar-refractivity contribution is 0.0896. The molecule has 0 unspecified atom stereocenters. The Kier molecular flexibility index (Phi) is 8.34. The van der Waals surface area contributed by atoms with Crippen LogP contribution in [0, 0.1) is 13.8 Å². The number of carbonyl (C=O) groups excluding carboxylic acids is 1.